The molecule has 19 heavy (non-hydrogen) atoms. The number of thiazole rings is 1. The molecule has 100 valence electrons. The molecule has 6 nitrogen and oxygen atoms in total. The first-order valence-electron chi connectivity index (χ1n) is 5.68. The second-order valence-corrected chi connectivity index (χ2v) is 5.28. The molecule has 0 atom stereocenters. The SMILES string of the molecule is Cc1nc(CN(C)Cc2ncncc2C(=O)O)cs1. The van der Waals surface area contributed by atoms with Crippen LogP contribution in [-0.4, -0.2) is 38.0 Å². The van der Waals surface area contributed by atoms with Gasteiger partial charge in [0.05, 0.1) is 16.4 Å². The second-order valence-electron chi connectivity index (χ2n) is 4.22. The van der Waals surface area contributed by atoms with Gasteiger partial charge >= 0.3 is 5.97 Å². The van der Waals surface area contributed by atoms with Gasteiger partial charge in [0.15, 0.2) is 0 Å². The molecular formula is C12H14N4O2S. The third-order valence-electron chi connectivity index (χ3n) is 2.54. The molecule has 2 rings (SSSR count). The molecule has 0 saturated carbocycles. The van der Waals surface area contributed by atoms with Crippen molar-refractivity contribution >= 4 is 17.3 Å². The average molecular weight is 278 g/mol. The Morgan fingerprint density at radius 2 is 2.26 bits per heavy atom. The van der Waals surface area contributed by atoms with E-state index in [0.29, 0.717) is 18.8 Å². The van der Waals surface area contributed by atoms with Crippen LogP contribution in [0, 0.1) is 6.92 Å². The van der Waals surface area contributed by atoms with Crippen molar-refractivity contribution < 1.29 is 9.90 Å². The van der Waals surface area contributed by atoms with E-state index in [0.717, 1.165) is 10.7 Å². The van der Waals surface area contributed by atoms with Crippen LogP contribution in [0.3, 0.4) is 0 Å². The van der Waals surface area contributed by atoms with Gasteiger partial charge in [-0.1, -0.05) is 0 Å². The van der Waals surface area contributed by atoms with Gasteiger partial charge in [-0.2, -0.15) is 0 Å². The van der Waals surface area contributed by atoms with Crippen molar-refractivity contribution in [2.45, 2.75) is 20.0 Å². The Bertz CT molecular complexity index is 585. The van der Waals surface area contributed by atoms with Crippen molar-refractivity contribution in [2.75, 3.05) is 7.05 Å². The summed E-state index contributed by atoms with van der Waals surface area (Å²) in [6.45, 7) is 3.06. The van der Waals surface area contributed by atoms with Crippen LogP contribution in [-0.2, 0) is 13.1 Å². The van der Waals surface area contributed by atoms with Gasteiger partial charge in [0.1, 0.15) is 11.9 Å². The summed E-state index contributed by atoms with van der Waals surface area (Å²) in [4.78, 5) is 25.2. The molecule has 0 bridgehead atoms. The van der Waals surface area contributed by atoms with E-state index < -0.39 is 5.97 Å². The molecule has 2 aromatic heterocycles. The average Bonchev–Trinajstić information content (AvgIpc) is 2.75. The standard InChI is InChI=1S/C12H14N4O2S/c1-8-15-9(6-19-8)4-16(2)5-11-10(12(17)18)3-13-7-14-11/h3,6-7H,4-5H2,1-2H3,(H,17,18). The molecule has 0 fully saturated rings. The predicted molar refractivity (Wildman–Crippen MR) is 71.0 cm³/mol. The molecule has 2 aromatic rings. The number of carbonyl (C=O) groups is 1. The zero-order valence-electron chi connectivity index (χ0n) is 10.7. The number of aromatic carboxylic acids is 1. The monoisotopic (exact) mass is 278 g/mol. The first-order chi connectivity index (χ1) is 9.06. The zero-order valence-corrected chi connectivity index (χ0v) is 11.5. The maximum atomic E-state index is 11.1. The van der Waals surface area contributed by atoms with E-state index in [2.05, 4.69) is 15.0 Å². The van der Waals surface area contributed by atoms with Crippen LogP contribution in [0.25, 0.3) is 0 Å². The molecular weight excluding hydrogens is 264 g/mol. The highest BCUT2D eigenvalue weighted by atomic mass is 32.1. The fourth-order valence-corrected chi connectivity index (χ4v) is 2.33. The molecule has 0 radical (unpaired) electrons. The first-order valence-corrected chi connectivity index (χ1v) is 6.56. The van der Waals surface area contributed by atoms with Crippen molar-refractivity contribution in [1.82, 2.24) is 19.9 Å². The Labute approximate surface area is 114 Å². The normalized spacial score (nSPS) is 10.9. The van der Waals surface area contributed by atoms with E-state index in [4.69, 9.17) is 5.11 Å². The Morgan fingerprint density at radius 3 is 2.89 bits per heavy atom. The van der Waals surface area contributed by atoms with Gasteiger partial charge in [-0.3, -0.25) is 4.90 Å². The molecule has 7 heteroatoms. The van der Waals surface area contributed by atoms with Gasteiger partial charge in [-0.15, -0.1) is 11.3 Å². The zero-order chi connectivity index (χ0) is 13.8. The molecule has 0 saturated heterocycles. The Kier molecular flexibility index (Phi) is 4.18. The number of hydrogen-bond acceptors (Lipinski definition) is 6. The Morgan fingerprint density at radius 1 is 1.47 bits per heavy atom. The number of hydrogen-bond donors (Lipinski definition) is 1. The maximum absolute atomic E-state index is 11.1. The molecule has 0 aliphatic carbocycles. The lowest BCUT2D eigenvalue weighted by Gasteiger charge is -2.15. The van der Waals surface area contributed by atoms with Crippen LogP contribution < -0.4 is 0 Å². The quantitative estimate of drug-likeness (QED) is 0.894. The van der Waals surface area contributed by atoms with Crippen molar-refractivity contribution in [2.24, 2.45) is 0 Å². The summed E-state index contributed by atoms with van der Waals surface area (Å²) in [6, 6.07) is 0. The van der Waals surface area contributed by atoms with Gasteiger partial charge in [0, 0.05) is 24.7 Å². The Hall–Kier alpha value is -1.86. The Balaban J connectivity index is 2.06. The van der Waals surface area contributed by atoms with Crippen LogP contribution >= 0.6 is 11.3 Å². The fourth-order valence-electron chi connectivity index (χ4n) is 1.73. The number of carboxylic acid groups (broad SMARTS) is 1. The number of aromatic nitrogens is 3. The van der Waals surface area contributed by atoms with Gasteiger partial charge in [0.2, 0.25) is 0 Å². The minimum Gasteiger partial charge on any atom is -0.478 e. The highest BCUT2D eigenvalue weighted by molar-refractivity contribution is 7.09. The molecule has 2 heterocycles. The summed E-state index contributed by atoms with van der Waals surface area (Å²) in [5, 5.41) is 12.1. The van der Waals surface area contributed by atoms with Crippen molar-refractivity contribution in [3.8, 4) is 0 Å². The van der Waals surface area contributed by atoms with E-state index >= 15 is 0 Å². The summed E-state index contributed by atoms with van der Waals surface area (Å²) in [5.74, 6) is -1.01. The minimum atomic E-state index is -1.01. The number of nitrogens with zero attached hydrogens (tertiary/aromatic N) is 4. The highest BCUT2D eigenvalue weighted by Gasteiger charge is 2.13. The molecule has 0 spiro atoms. The van der Waals surface area contributed by atoms with Crippen LogP contribution in [0.1, 0.15) is 26.8 Å². The molecule has 0 aliphatic heterocycles. The van der Waals surface area contributed by atoms with Crippen molar-refractivity contribution in [3.05, 3.63) is 39.9 Å². The summed E-state index contributed by atoms with van der Waals surface area (Å²) >= 11 is 1.60. The van der Waals surface area contributed by atoms with Crippen molar-refractivity contribution in [1.29, 1.82) is 0 Å². The third kappa shape index (κ3) is 3.55. The van der Waals surface area contributed by atoms with Gasteiger partial charge in [-0.05, 0) is 14.0 Å². The lowest BCUT2D eigenvalue weighted by Crippen LogP contribution is -2.20. The number of aryl methyl sites for hydroxylation is 1. The smallest absolute Gasteiger partial charge is 0.339 e. The largest absolute Gasteiger partial charge is 0.478 e. The molecule has 0 aliphatic rings. The third-order valence-corrected chi connectivity index (χ3v) is 3.37. The van der Waals surface area contributed by atoms with Crippen LogP contribution in [0.15, 0.2) is 17.9 Å². The van der Waals surface area contributed by atoms with E-state index in [9.17, 15) is 4.79 Å². The maximum Gasteiger partial charge on any atom is 0.339 e. The van der Waals surface area contributed by atoms with E-state index in [1.54, 1.807) is 11.3 Å². The van der Waals surface area contributed by atoms with Crippen molar-refractivity contribution in [3.63, 3.8) is 0 Å². The van der Waals surface area contributed by atoms with Crippen LogP contribution in [0.4, 0.5) is 0 Å². The molecule has 0 unspecified atom stereocenters. The van der Waals surface area contributed by atoms with Gasteiger partial charge < -0.3 is 5.11 Å². The second kappa shape index (κ2) is 5.85. The summed E-state index contributed by atoms with van der Waals surface area (Å²) in [5.41, 5.74) is 1.64. The predicted octanol–water partition coefficient (Wildman–Crippen LogP) is 1.57. The van der Waals surface area contributed by atoms with Crippen LogP contribution in [0.2, 0.25) is 0 Å². The lowest BCUT2D eigenvalue weighted by molar-refractivity contribution is 0.0693. The summed E-state index contributed by atoms with van der Waals surface area (Å²) in [7, 11) is 1.91. The van der Waals surface area contributed by atoms with E-state index in [1.807, 2.05) is 24.3 Å². The summed E-state index contributed by atoms with van der Waals surface area (Å²) < 4.78 is 0. The summed E-state index contributed by atoms with van der Waals surface area (Å²) in [6.07, 6.45) is 2.69. The fraction of sp³-hybridized carbons (Fsp3) is 0.333. The lowest BCUT2D eigenvalue weighted by atomic mass is 10.2. The first kappa shape index (κ1) is 13.6. The molecule has 0 aromatic carbocycles. The highest BCUT2D eigenvalue weighted by Crippen LogP contribution is 2.12. The number of rotatable bonds is 5. The van der Waals surface area contributed by atoms with E-state index in [1.165, 1.54) is 12.5 Å². The number of carboxylic acids is 1. The van der Waals surface area contributed by atoms with Crippen LogP contribution in [0.5, 0.6) is 0 Å². The van der Waals surface area contributed by atoms with E-state index in [-0.39, 0.29) is 5.56 Å². The molecule has 0 amide bonds. The topological polar surface area (TPSA) is 79.2 Å². The van der Waals surface area contributed by atoms with Gasteiger partial charge in [-0.25, -0.2) is 19.7 Å². The molecule has 1 N–H and O–H groups in total. The van der Waals surface area contributed by atoms with Gasteiger partial charge in [0.25, 0.3) is 0 Å². The minimum absolute atomic E-state index is 0.142.